The van der Waals surface area contributed by atoms with Crippen molar-refractivity contribution in [2.45, 2.75) is 39.8 Å². The van der Waals surface area contributed by atoms with Crippen LogP contribution in [-0.2, 0) is 4.74 Å². The first-order valence-electron chi connectivity index (χ1n) is 7.29. The van der Waals surface area contributed by atoms with Gasteiger partial charge in [0.25, 0.3) is 0 Å². The second-order valence-electron chi connectivity index (χ2n) is 5.54. The van der Waals surface area contributed by atoms with Crippen LogP contribution in [-0.4, -0.2) is 42.8 Å². The Morgan fingerprint density at radius 2 is 1.75 bits per heavy atom. The van der Waals surface area contributed by atoms with Gasteiger partial charge in [-0.3, -0.25) is 4.90 Å². The van der Waals surface area contributed by atoms with Crippen molar-refractivity contribution in [1.82, 2.24) is 4.90 Å². The third kappa shape index (κ3) is 3.06. The molecule has 0 aliphatic carbocycles. The SMILES string of the molecule is CCOC(=O)N1[C@H](C)CN(c2ccc(C)cc2)C[C@H]1C. The van der Waals surface area contributed by atoms with Crippen LogP contribution < -0.4 is 4.90 Å². The van der Waals surface area contributed by atoms with Crippen LogP contribution in [0.2, 0.25) is 0 Å². The van der Waals surface area contributed by atoms with Gasteiger partial charge in [-0.15, -0.1) is 0 Å². The molecule has 4 nitrogen and oxygen atoms in total. The summed E-state index contributed by atoms with van der Waals surface area (Å²) in [4.78, 5) is 16.2. The van der Waals surface area contributed by atoms with Gasteiger partial charge in [0.05, 0.1) is 18.7 Å². The van der Waals surface area contributed by atoms with Crippen LogP contribution in [0.15, 0.2) is 24.3 Å². The molecule has 110 valence electrons. The van der Waals surface area contributed by atoms with Crippen LogP contribution in [0.1, 0.15) is 26.3 Å². The first kappa shape index (κ1) is 14.7. The van der Waals surface area contributed by atoms with Crippen molar-refractivity contribution >= 4 is 11.8 Å². The predicted octanol–water partition coefficient (Wildman–Crippen LogP) is 3.05. The van der Waals surface area contributed by atoms with Gasteiger partial charge in [0.1, 0.15) is 0 Å². The van der Waals surface area contributed by atoms with Crippen LogP contribution in [0.5, 0.6) is 0 Å². The Labute approximate surface area is 121 Å². The monoisotopic (exact) mass is 276 g/mol. The Balaban J connectivity index is 2.09. The van der Waals surface area contributed by atoms with E-state index in [1.165, 1.54) is 11.3 Å². The summed E-state index contributed by atoms with van der Waals surface area (Å²) in [6.45, 7) is 10.2. The summed E-state index contributed by atoms with van der Waals surface area (Å²) in [6, 6.07) is 8.85. The minimum absolute atomic E-state index is 0.152. The van der Waals surface area contributed by atoms with E-state index >= 15 is 0 Å². The summed E-state index contributed by atoms with van der Waals surface area (Å²) in [7, 11) is 0. The lowest BCUT2D eigenvalue weighted by Gasteiger charge is -2.44. The first-order valence-corrected chi connectivity index (χ1v) is 7.29. The number of carbonyl (C=O) groups excluding carboxylic acids is 1. The highest BCUT2D eigenvalue weighted by atomic mass is 16.6. The van der Waals surface area contributed by atoms with E-state index in [0.29, 0.717) is 6.61 Å². The van der Waals surface area contributed by atoms with Crippen LogP contribution in [0, 0.1) is 6.92 Å². The fraction of sp³-hybridized carbons (Fsp3) is 0.562. The van der Waals surface area contributed by atoms with E-state index in [4.69, 9.17) is 4.74 Å². The molecule has 1 aromatic rings. The normalized spacial score (nSPS) is 22.8. The van der Waals surface area contributed by atoms with Gasteiger partial charge >= 0.3 is 6.09 Å². The Morgan fingerprint density at radius 1 is 1.20 bits per heavy atom. The van der Waals surface area contributed by atoms with Crippen LogP contribution in [0.3, 0.4) is 0 Å². The van der Waals surface area contributed by atoms with Gasteiger partial charge in [0.2, 0.25) is 0 Å². The molecule has 1 heterocycles. The predicted molar refractivity (Wildman–Crippen MR) is 81.2 cm³/mol. The zero-order valence-corrected chi connectivity index (χ0v) is 12.8. The van der Waals surface area contributed by atoms with E-state index in [-0.39, 0.29) is 18.2 Å². The zero-order chi connectivity index (χ0) is 14.7. The summed E-state index contributed by atoms with van der Waals surface area (Å²) >= 11 is 0. The second kappa shape index (κ2) is 6.16. The van der Waals surface area contributed by atoms with Crippen molar-refractivity contribution in [3.8, 4) is 0 Å². The van der Waals surface area contributed by atoms with Gasteiger partial charge in [0.15, 0.2) is 0 Å². The van der Waals surface area contributed by atoms with Crippen molar-refractivity contribution in [2.75, 3.05) is 24.6 Å². The average molecular weight is 276 g/mol. The molecule has 1 fully saturated rings. The number of anilines is 1. The van der Waals surface area contributed by atoms with E-state index in [0.717, 1.165) is 13.1 Å². The number of ether oxygens (including phenoxy) is 1. The van der Waals surface area contributed by atoms with Gasteiger partial charge in [-0.2, -0.15) is 0 Å². The summed E-state index contributed by atoms with van der Waals surface area (Å²) in [6.07, 6.45) is -0.198. The molecule has 0 spiro atoms. The van der Waals surface area contributed by atoms with Gasteiger partial charge in [0, 0.05) is 18.8 Å². The van der Waals surface area contributed by atoms with Crippen LogP contribution in [0.25, 0.3) is 0 Å². The molecular formula is C16H24N2O2. The summed E-state index contributed by atoms with van der Waals surface area (Å²) in [5, 5.41) is 0. The topological polar surface area (TPSA) is 32.8 Å². The van der Waals surface area contributed by atoms with E-state index in [1.807, 2.05) is 11.8 Å². The van der Waals surface area contributed by atoms with E-state index < -0.39 is 0 Å². The number of piperazine rings is 1. The maximum Gasteiger partial charge on any atom is 0.410 e. The lowest BCUT2D eigenvalue weighted by atomic mass is 10.1. The Morgan fingerprint density at radius 3 is 2.25 bits per heavy atom. The number of hydrogen-bond donors (Lipinski definition) is 0. The van der Waals surface area contributed by atoms with E-state index in [2.05, 4.69) is 49.9 Å². The first-order chi connectivity index (χ1) is 9.52. The molecule has 2 rings (SSSR count). The molecule has 1 aromatic carbocycles. The standard InChI is InChI=1S/C16H24N2O2/c1-5-20-16(19)18-13(3)10-17(11-14(18)4)15-8-6-12(2)7-9-15/h6-9,13-14H,5,10-11H2,1-4H3/t13-,14-/m1/s1. The molecule has 1 saturated heterocycles. The van der Waals surface area contributed by atoms with Crippen molar-refractivity contribution in [2.24, 2.45) is 0 Å². The second-order valence-corrected chi connectivity index (χ2v) is 5.54. The van der Waals surface area contributed by atoms with Gasteiger partial charge < -0.3 is 9.64 Å². The Kier molecular flexibility index (Phi) is 4.53. The van der Waals surface area contributed by atoms with Crippen molar-refractivity contribution < 1.29 is 9.53 Å². The van der Waals surface area contributed by atoms with Crippen molar-refractivity contribution in [3.05, 3.63) is 29.8 Å². The minimum atomic E-state index is -0.198. The quantitative estimate of drug-likeness (QED) is 0.832. The number of amides is 1. The molecular weight excluding hydrogens is 252 g/mol. The number of hydrogen-bond acceptors (Lipinski definition) is 3. The number of aryl methyl sites for hydroxylation is 1. The largest absolute Gasteiger partial charge is 0.450 e. The van der Waals surface area contributed by atoms with Crippen molar-refractivity contribution in [3.63, 3.8) is 0 Å². The average Bonchev–Trinajstić information content (AvgIpc) is 2.39. The fourth-order valence-corrected chi connectivity index (χ4v) is 2.85. The molecule has 0 aromatic heterocycles. The summed E-state index contributed by atoms with van der Waals surface area (Å²) in [5.74, 6) is 0. The highest BCUT2D eigenvalue weighted by molar-refractivity contribution is 5.69. The Bertz CT molecular complexity index is 446. The maximum atomic E-state index is 12.0. The molecule has 0 radical (unpaired) electrons. The van der Waals surface area contributed by atoms with Crippen LogP contribution >= 0.6 is 0 Å². The minimum Gasteiger partial charge on any atom is -0.450 e. The molecule has 1 amide bonds. The molecule has 4 heteroatoms. The third-order valence-electron chi connectivity index (χ3n) is 3.80. The summed E-state index contributed by atoms with van der Waals surface area (Å²) in [5.41, 5.74) is 2.48. The number of benzene rings is 1. The van der Waals surface area contributed by atoms with E-state index in [1.54, 1.807) is 0 Å². The zero-order valence-electron chi connectivity index (χ0n) is 12.8. The molecule has 1 aliphatic rings. The molecule has 0 N–H and O–H groups in total. The lowest BCUT2D eigenvalue weighted by molar-refractivity contribution is 0.0698. The van der Waals surface area contributed by atoms with Crippen LogP contribution in [0.4, 0.5) is 10.5 Å². The van der Waals surface area contributed by atoms with Gasteiger partial charge in [-0.25, -0.2) is 4.79 Å². The molecule has 0 unspecified atom stereocenters. The fourth-order valence-electron chi connectivity index (χ4n) is 2.85. The number of nitrogens with zero attached hydrogens (tertiary/aromatic N) is 2. The highest BCUT2D eigenvalue weighted by Crippen LogP contribution is 2.23. The molecule has 2 atom stereocenters. The highest BCUT2D eigenvalue weighted by Gasteiger charge is 2.33. The molecule has 20 heavy (non-hydrogen) atoms. The van der Waals surface area contributed by atoms with E-state index in [9.17, 15) is 4.79 Å². The van der Waals surface area contributed by atoms with Gasteiger partial charge in [-0.1, -0.05) is 17.7 Å². The number of carbonyl (C=O) groups is 1. The van der Waals surface area contributed by atoms with Crippen molar-refractivity contribution in [1.29, 1.82) is 0 Å². The Hall–Kier alpha value is -1.71. The third-order valence-corrected chi connectivity index (χ3v) is 3.80. The summed E-state index contributed by atoms with van der Waals surface area (Å²) < 4.78 is 5.15. The molecule has 0 bridgehead atoms. The maximum absolute atomic E-state index is 12.0. The lowest BCUT2D eigenvalue weighted by Crippen LogP contribution is -2.58. The molecule has 0 saturated carbocycles. The van der Waals surface area contributed by atoms with Gasteiger partial charge in [-0.05, 0) is 39.8 Å². The molecule has 1 aliphatic heterocycles. The number of rotatable bonds is 2. The smallest absolute Gasteiger partial charge is 0.410 e.